The van der Waals surface area contributed by atoms with Crippen LogP contribution in [-0.2, 0) is 0 Å². The molecule has 12 rings (SSSR count). The van der Waals surface area contributed by atoms with E-state index in [1.807, 2.05) is 12.1 Å². The lowest BCUT2D eigenvalue weighted by Crippen LogP contribution is -1.95. The molecule has 0 saturated heterocycles. The maximum absolute atomic E-state index is 6.74. The summed E-state index contributed by atoms with van der Waals surface area (Å²) in [4.78, 5) is 10.9. The van der Waals surface area contributed by atoms with Gasteiger partial charge in [-0.2, -0.15) is 0 Å². The topological polar surface area (TPSA) is 38.9 Å². The van der Waals surface area contributed by atoms with E-state index in [9.17, 15) is 0 Å². The van der Waals surface area contributed by atoms with Gasteiger partial charge in [-0.05, 0) is 85.1 Å². The highest BCUT2D eigenvalue weighted by molar-refractivity contribution is 7.26. The van der Waals surface area contributed by atoms with Crippen LogP contribution in [0.3, 0.4) is 0 Å². The van der Waals surface area contributed by atoms with Crippen molar-refractivity contribution in [2.24, 2.45) is 0 Å². The van der Waals surface area contributed by atoms with Gasteiger partial charge < -0.3 is 4.42 Å². The first-order valence-electron chi connectivity index (χ1n) is 18.2. The number of rotatable bonds is 3. The quantitative estimate of drug-likeness (QED) is 0.172. The molecule has 250 valence electrons. The largest absolute Gasteiger partial charge is 0.455 e. The summed E-state index contributed by atoms with van der Waals surface area (Å²) in [5.41, 5.74) is 7.78. The summed E-state index contributed by atoms with van der Waals surface area (Å²) in [7, 11) is 0. The van der Waals surface area contributed by atoms with Gasteiger partial charge in [-0.15, -0.1) is 11.3 Å². The summed E-state index contributed by atoms with van der Waals surface area (Å²) in [6, 6.07) is 60.7. The molecule has 3 heterocycles. The van der Waals surface area contributed by atoms with Crippen LogP contribution >= 0.6 is 11.3 Å². The Balaban J connectivity index is 1.15. The molecule has 12 aromatic rings. The van der Waals surface area contributed by atoms with Crippen molar-refractivity contribution in [2.45, 2.75) is 0 Å². The molecule has 0 N–H and O–H groups in total. The second-order valence-electron chi connectivity index (χ2n) is 14.0. The van der Waals surface area contributed by atoms with E-state index in [1.165, 1.54) is 47.8 Å². The van der Waals surface area contributed by atoms with Crippen molar-refractivity contribution >= 4 is 96.7 Å². The fourth-order valence-electron chi connectivity index (χ4n) is 8.56. The van der Waals surface area contributed by atoms with Gasteiger partial charge in [-0.3, -0.25) is 0 Å². The highest BCUT2D eigenvalue weighted by Crippen LogP contribution is 2.45. The Labute approximate surface area is 313 Å². The van der Waals surface area contributed by atoms with Crippen molar-refractivity contribution in [3.05, 3.63) is 170 Å². The van der Waals surface area contributed by atoms with Crippen molar-refractivity contribution in [1.82, 2.24) is 9.97 Å². The summed E-state index contributed by atoms with van der Waals surface area (Å²) in [6.45, 7) is 0. The molecule has 0 saturated carbocycles. The predicted octanol–water partition coefficient (Wildman–Crippen LogP) is 14.4. The van der Waals surface area contributed by atoms with Crippen LogP contribution in [0.2, 0.25) is 0 Å². The fraction of sp³-hybridized carbons (Fsp3) is 0. The van der Waals surface area contributed by atoms with E-state index in [0.29, 0.717) is 5.82 Å². The van der Waals surface area contributed by atoms with E-state index in [2.05, 4.69) is 158 Å². The van der Waals surface area contributed by atoms with Gasteiger partial charge >= 0.3 is 0 Å². The third-order valence-electron chi connectivity index (χ3n) is 11.1. The zero-order chi connectivity index (χ0) is 35.3. The van der Waals surface area contributed by atoms with Crippen LogP contribution in [0, 0.1) is 0 Å². The number of thiophene rings is 1. The maximum Gasteiger partial charge on any atom is 0.161 e. The Bertz CT molecular complexity index is 3480. The molecule has 0 aliphatic carbocycles. The van der Waals surface area contributed by atoms with Gasteiger partial charge in [0.05, 0.1) is 15.9 Å². The smallest absolute Gasteiger partial charge is 0.161 e. The molecule has 4 heteroatoms. The SMILES string of the molecule is c1ccc2cc(-c3ccc(-c4nc(-c5ccc6c7ccccc7c7ccccc7c6c5)c5sc6ccccc6c5n4)c4c3oc3ccccc34)ccc2c1. The molecular weight excluding hydrogens is 677 g/mol. The van der Waals surface area contributed by atoms with E-state index >= 15 is 0 Å². The van der Waals surface area contributed by atoms with Gasteiger partial charge in [0.1, 0.15) is 11.2 Å². The Kier molecular flexibility index (Phi) is 6.21. The van der Waals surface area contributed by atoms with Crippen molar-refractivity contribution < 1.29 is 4.42 Å². The van der Waals surface area contributed by atoms with Crippen molar-refractivity contribution in [2.75, 3.05) is 0 Å². The van der Waals surface area contributed by atoms with E-state index in [1.54, 1.807) is 11.3 Å². The normalized spacial score (nSPS) is 12.1. The molecule has 54 heavy (non-hydrogen) atoms. The van der Waals surface area contributed by atoms with Crippen molar-refractivity contribution in [3.63, 3.8) is 0 Å². The van der Waals surface area contributed by atoms with Crippen LogP contribution < -0.4 is 0 Å². The summed E-state index contributed by atoms with van der Waals surface area (Å²) in [6.07, 6.45) is 0. The number of para-hydroxylation sites is 1. The molecule has 0 aliphatic rings. The zero-order valence-electron chi connectivity index (χ0n) is 28.9. The third kappa shape index (κ3) is 4.29. The Hall–Kier alpha value is -6.88. The molecule has 9 aromatic carbocycles. The van der Waals surface area contributed by atoms with E-state index < -0.39 is 0 Å². The first-order chi connectivity index (χ1) is 26.8. The van der Waals surface area contributed by atoms with E-state index in [0.717, 1.165) is 65.5 Å². The van der Waals surface area contributed by atoms with Crippen LogP contribution in [0.4, 0.5) is 0 Å². The van der Waals surface area contributed by atoms with Crippen molar-refractivity contribution in [1.29, 1.82) is 0 Å². The highest BCUT2D eigenvalue weighted by Gasteiger charge is 2.22. The van der Waals surface area contributed by atoms with Crippen LogP contribution in [0.1, 0.15) is 0 Å². The summed E-state index contributed by atoms with van der Waals surface area (Å²) in [5, 5.41) is 13.1. The summed E-state index contributed by atoms with van der Waals surface area (Å²) < 4.78 is 9.03. The molecule has 0 unspecified atom stereocenters. The second-order valence-corrected chi connectivity index (χ2v) is 15.1. The third-order valence-corrected chi connectivity index (χ3v) is 12.2. The van der Waals surface area contributed by atoms with Crippen molar-refractivity contribution in [3.8, 4) is 33.8 Å². The number of benzene rings is 9. The minimum Gasteiger partial charge on any atom is -0.455 e. The maximum atomic E-state index is 6.74. The second kappa shape index (κ2) is 11.3. The number of fused-ring (bicyclic) bond motifs is 13. The Morgan fingerprint density at radius 3 is 1.83 bits per heavy atom. The predicted molar refractivity (Wildman–Crippen MR) is 229 cm³/mol. The van der Waals surface area contributed by atoms with Gasteiger partial charge in [0.25, 0.3) is 0 Å². The standard InChI is InChI=1S/C50H28N2OS/c1-2-12-30-27-31(22-21-29(30)11-1)33-25-26-41(45-39-17-7-9-19-43(39)53-48(33)45)50-51-46(49-47(52-50)40-18-8-10-20-44(40)54-49)32-23-24-38-36-15-4-3-13-34(36)35-14-5-6-16-37(35)42(38)28-32/h1-28H. The van der Waals surface area contributed by atoms with Gasteiger partial charge in [-0.1, -0.05) is 133 Å². The van der Waals surface area contributed by atoms with Gasteiger partial charge in [0.15, 0.2) is 5.82 Å². The van der Waals surface area contributed by atoms with Gasteiger partial charge in [0.2, 0.25) is 0 Å². The Morgan fingerprint density at radius 2 is 1.04 bits per heavy atom. The van der Waals surface area contributed by atoms with Gasteiger partial charge in [-0.25, -0.2) is 9.97 Å². The molecule has 0 aliphatic heterocycles. The molecule has 0 bridgehead atoms. The molecule has 0 fully saturated rings. The fourth-order valence-corrected chi connectivity index (χ4v) is 9.71. The first-order valence-corrected chi connectivity index (χ1v) is 19.1. The average Bonchev–Trinajstić information content (AvgIpc) is 3.82. The average molecular weight is 705 g/mol. The van der Waals surface area contributed by atoms with E-state index in [4.69, 9.17) is 14.4 Å². The van der Waals surface area contributed by atoms with Crippen LogP contribution in [-0.4, -0.2) is 9.97 Å². The summed E-state index contributed by atoms with van der Waals surface area (Å²) >= 11 is 1.76. The molecular formula is C50H28N2OS. The minimum atomic E-state index is 0.686. The van der Waals surface area contributed by atoms with Crippen LogP contribution in [0.15, 0.2) is 174 Å². The number of nitrogens with zero attached hydrogens (tertiary/aromatic N) is 2. The monoisotopic (exact) mass is 704 g/mol. The lowest BCUT2D eigenvalue weighted by atomic mass is 9.93. The van der Waals surface area contributed by atoms with Gasteiger partial charge in [0, 0.05) is 37.5 Å². The van der Waals surface area contributed by atoms with E-state index in [-0.39, 0.29) is 0 Å². The number of furan rings is 1. The molecule has 0 atom stereocenters. The lowest BCUT2D eigenvalue weighted by Gasteiger charge is -2.13. The lowest BCUT2D eigenvalue weighted by molar-refractivity contribution is 0.670. The molecule has 0 radical (unpaired) electrons. The zero-order valence-corrected chi connectivity index (χ0v) is 29.7. The Morgan fingerprint density at radius 1 is 0.426 bits per heavy atom. The molecule has 0 amide bonds. The minimum absolute atomic E-state index is 0.686. The number of hydrogen-bond acceptors (Lipinski definition) is 4. The first kappa shape index (κ1) is 29.7. The molecule has 3 nitrogen and oxygen atoms in total. The highest BCUT2D eigenvalue weighted by atomic mass is 32.1. The van der Waals surface area contributed by atoms with Crippen LogP contribution in [0.25, 0.3) is 119 Å². The summed E-state index contributed by atoms with van der Waals surface area (Å²) in [5.74, 6) is 0.686. The number of aromatic nitrogens is 2. The number of hydrogen-bond donors (Lipinski definition) is 0. The molecule has 3 aromatic heterocycles. The van der Waals surface area contributed by atoms with Crippen LogP contribution in [0.5, 0.6) is 0 Å². The molecule has 0 spiro atoms.